The van der Waals surface area contributed by atoms with Crippen molar-refractivity contribution in [2.45, 2.75) is 45.5 Å². The predicted molar refractivity (Wildman–Crippen MR) is 89.4 cm³/mol. The molecule has 1 atom stereocenters. The first kappa shape index (κ1) is 19.3. The lowest BCUT2D eigenvalue weighted by molar-refractivity contribution is -0.137. The van der Waals surface area contributed by atoms with E-state index in [9.17, 15) is 18.0 Å². The highest BCUT2D eigenvalue weighted by molar-refractivity contribution is 9.10. The highest BCUT2D eigenvalue weighted by atomic mass is 79.9. The number of halogens is 4. The summed E-state index contributed by atoms with van der Waals surface area (Å²) in [5, 5.41) is -0.454. The van der Waals surface area contributed by atoms with Gasteiger partial charge in [-0.05, 0) is 43.6 Å². The number of hydrogen-bond acceptors (Lipinski definition) is 5. The Labute approximate surface area is 150 Å². The summed E-state index contributed by atoms with van der Waals surface area (Å²) in [6.07, 6.45) is -4.87. The first-order valence-corrected chi connectivity index (χ1v) is 8.97. The van der Waals surface area contributed by atoms with Crippen LogP contribution in [0.2, 0.25) is 0 Å². The Balaban J connectivity index is 2.08. The van der Waals surface area contributed by atoms with E-state index in [0.29, 0.717) is 36.0 Å². The van der Waals surface area contributed by atoms with Gasteiger partial charge in [0.15, 0.2) is 0 Å². The van der Waals surface area contributed by atoms with Gasteiger partial charge >= 0.3 is 12.3 Å². The second-order valence-corrected chi connectivity index (χ2v) is 8.31. The number of rotatable bonds is 1. The number of piperazine rings is 1. The molecule has 10 heteroatoms. The van der Waals surface area contributed by atoms with Crippen LogP contribution in [-0.2, 0) is 10.9 Å². The van der Waals surface area contributed by atoms with Crippen molar-refractivity contribution >= 4 is 38.4 Å². The molecule has 0 N–H and O–H groups in total. The molecular weight excluding hydrogens is 411 g/mol. The SMILES string of the molecule is C[C@@H]1CN(c2sc(C(F)(F)F)nc2Br)CCN1C(=O)OC(C)(C)C. The van der Waals surface area contributed by atoms with Gasteiger partial charge in [-0.15, -0.1) is 0 Å². The average Bonchev–Trinajstić information content (AvgIpc) is 2.78. The number of carbonyl (C=O) groups is 1. The Morgan fingerprint density at radius 3 is 2.42 bits per heavy atom. The summed E-state index contributed by atoms with van der Waals surface area (Å²) in [5.41, 5.74) is -0.587. The Bertz CT molecular complexity index is 615. The molecule has 1 aliphatic heterocycles. The van der Waals surface area contributed by atoms with Crippen LogP contribution in [0.1, 0.15) is 32.7 Å². The van der Waals surface area contributed by atoms with Gasteiger partial charge in [-0.25, -0.2) is 9.78 Å². The molecule has 2 heterocycles. The van der Waals surface area contributed by atoms with Gasteiger partial charge in [0.1, 0.15) is 15.2 Å². The minimum Gasteiger partial charge on any atom is -0.444 e. The molecule has 0 spiro atoms. The Morgan fingerprint density at radius 2 is 1.96 bits per heavy atom. The third kappa shape index (κ3) is 4.53. The molecule has 0 radical (unpaired) electrons. The maximum atomic E-state index is 12.8. The summed E-state index contributed by atoms with van der Waals surface area (Å²) in [5.74, 6) is 0. The minimum atomic E-state index is -4.46. The zero-order valence-corrected chi connectivity index (χ0v) is 16.2. The van der Waals surface area contributed by atoms with E-state index in [2.05, 4.69) is 20.9 Å². The van der Waals surface area contributed by atoms with Gasteiger partial charge in [0.2, 0.25) is 5.01 Å². The number of thiazole rings is 1. The summed E-state index contributed by atoms with van der Waals surface area (Å²) >= 11 is 3.70. The molecule has 0 bridgehead atoms. The quantitative estimate of drug-likeness (QED) is 0.664. The van der Waals surface area contributed by atoms with E-state index in [1.807, 2.05) is 11.8 Å². The Morgan fingerprint density at radius 1 is 1.33 bits per heavy atom. The molecule has 1 saturated heterocycles. The van der Waals surface area contributed by atoms with Gasteiger partial charge in [0.25, 0.3) is 0 Å². The first-order chi connectivity index (χ1) is 10.9. The van der Waals surface area contributed by atoms with Crippen molar-refractivity contribution in [2.24, 2.45) is 0 Å². The molecule has 1 aliphatic rings. The van der Waals surface area contributed by atoms with Crippen molar-refractivity contribution in [3.63, 3.8) is 0 Å². The molecule has 1 aromatic rings. The van der Waals surface area contributed by atoms with Gasteiger partial charge in [0, 0.05) is 25.7 Å². The van der Waals surface area contributed by atoms with Crippen LogP contribution in [0.3, 0.4) is 0 Å². The van der Waals surface area contributed by atoms with E-state index >= 15 is 0 Å². The molecule has 1 fully saturated rings. The van der Waals surface area contributed by atoms with Gasteiger partial charge < -0.3 is 14.5 Å². The number of hydrogen-bond donors (Lipinski definition) is 0. The highest BCUT2D eigenvalue weighted by Crippen LogP contribution is 2.41. The summed E-state index contributed by atoms with van der Waals surface area (Å²) < 4.78 is 43.9. The van der Waals surface area contributed by atoms with Crippen LogP contribution in [0.5, 0.6) is 0 Å². The summed E-state index contributed by atoms with van der Waals surface area (Å²) in [4.78, 5) is 19.1. The number of nitrogens with zero attached hydrogens (tertiary/aromatic N) is 3. The molecule has 0 saturated carbocycles. The number of anilines is 1. The van der Waals surface area contributed by atoms with E-state index in [1.54, 1.807) is 25.7 Å². The lowest BCUT2D eigenvalue weighted by Gasteiger charge is -2.40. The Hall–Kier alpha value is -1.03. The molecule has 5 nitrogen and oxygen atoms in total. The summed E-state index contributed by atoms with van der Waals surface area (Å²) in [6, 6.07) is -0.183. The molecule has 0 aliphatic carbocycles. The van der Waals surface area contributed by atoms with Crippen molar-refractivity contribution in [3.05, 3.63) is 9.61 Å². The smallest absolute Gasteiger partial charge is 0.443 e. The molecule has 1 amide bonds. The molecule has 0 aromatic carbocycles. The lowest BCUT2D eigenvalue weighted by atomic mass is 10.2. The van der Waals surface area contributed by atoms with Gasteiger partial charge in [-0.2, -0.15) is 13.2 Å². The van der Waals surface area contributed by atoms with E-state index < -0.39 is 22.9 Å². The fourth-order valence-electron chi connectivity index (χ4n) is 2.34. The van der Waals surface area contributed by atoms with Crippen molar-refractivity contribution in [3.8, 4) is 0 Å². The zero-order chi connectivity index (χ0) is 18.3. The Kier molecular flexibility index (Phi) is 5.39. The molecule has 1 aromatic heterocycles. The predicted octanol–water partition coefficient (Wildman–Crippen LogP) is 4.37. The largest absolute Gasteiger partial charge is 0.444 e. The van der Waals surface area contributed by atoms with E-state index in [0.717, 1.165) is 0 Å². The maximum absolute atomic E-state index is 12.8. The number of aromatic nitrogens is 1. The third-order valence-electron chi connectivity index (χ3n) is 3.35. The molecule has 24 heavy (non-hydrogen) atoms. The van der Waals surface area contributed by atoms with E-state index in [-0.39, 0.29) is 10.6 Å². The fraction of sp³-hybridized carbons (Fsp3) is 0.714. The van der Waals surface area contributed by atoms with Crippen LogP contribution in [-0.4, -0.2) is 47.3 Å². The maximum Gasteiger partial charge on any atom is 0.443 e. The summed E-state index contributed by atoms with van der Waals surface area (Å²) in [6.45, 7) is 8.42. The second kappa shape index (κ2) is 6.70. The van der Waals surface area contributed by atoms with E-state index in [4.69, 9.17) is 4.74 Å². The average molecular weight is 430 g/mol. The summed E-state index contributed by atoms with van der Waals surface area (Å²) in [7, 11) is 0. The molecule has 2 rings (SSSR count). The van der Waals surface area contributed by atoms with Crippen LogP contribution in [0, 0.1) is 0 Å². The standard InChI is InChI=1S/C14H19BrF3N3O2S/c1-8-7-20(5-6-21(8)12(22)23-13(2,3)4)10-9(15)19-11(24-10)14(16,17)18/h8H,5-7H2,1-4H3/t8-/m1/s1. The molecule has 0 unspecified atom stereocenters. The van der Waals surface area contributed by atoms with E-state index in [1.165, 1.54) is 0 Å². The topological polar surface area (TPSA) is 45.7 Å². The van der Waals surface area contributed by atoms with Crippen molar-refractivity contribution in [2.75, 3.05) is 24.5 Å². The second-order valence-electron chi connectivity index (χ2n) is 6.58. The first-order valence-electron chi connectivity index (χ1n) is 7.36. The third-order valence-corrected chi connectivity index (χ3v) is 5.33. The highest BCUT2D eigenvalue weighted by Gasteiger charge is 2.38. The van der Waals surface area contributed by atoms with Crippen molar-refractivity contribution in [1.29, 1.82) is 0 Å². The number of alkyl halides is 3. The number of carbonyl (C=O) groups excluding carboxylic acids is 1. The molecular formula is C14H19BrF3N3O2S. The number of amides is 1. The zero-order valence-electron chi connectivity index (χ0n) is 13.8. The van der Waals surface area contributed by atoms with Crippen molar-refractivity contribution < 1.29 is 22.7 Å². The minimum absolute atomic E-state index is 0.178. The fourth-order valence-corrected chi connectivity index (χ4v) is 3.99. The van der Waals surface area contributed by atoms with Gasteiger partial charge in [-0.1, -0.05) is 11.3 Å². The van der Waals surface area contributed by atoms with Crippen LogP contribution in [0.15, 0.2) is 4.60 Å². The lowest BCUT2D eigenvalue weighted by Crippen LogP contribution is -2.55. The monoisotopic (exact) mass is 429 g/mol. The normalized spacial score (nSPS) is 19.6. The molecule has 136 valence electrons. The van der Waals surface area contributed by atoms with Gasteiger partial charge in [0.05, 0.1) is 0 Å². The van der Waals surface area contributed by atoms with Crippen LogP contribution < -0.4 is 4.90 Å². The van der Waals surface area contributed by atoms with Gasteiger partial charge in [-0.3, -0.25) is 0 Å². The van der Waals surface area contributed by atoms with Crippen LogP contribution in [0.4, 0.5) is 23.0 Å². The van der Waals surface area contributed by atoms with Crippen LogP contribution >= 0.6 is 27.3 Å². The van der Waals surface area contributed by atoms with Crippen molar-refractivity contribution in [1.82, 2.24) is 9.88 Å². The number of ether oxygens (including phenoxy) is 1. The van der Waals surface area contributed by atoms with Crippen LogP contribution in [0.25, 0.3) is 0 Å².